The molecule has 21 heavy (non-hydrogen) atoms. The van der Waals surface area contributed by atoms with E-state index >= 15 is 0 Å². The Morgan fingerprint density at radius 2 is 1.76 bits per heavy atom. The van der Waals surface area contributed by atoms with Gasteiger partial charge in [0.1, 0.15) is 0 Å². The Balaban J connectivity index is 2.13. The van der Waals surface area contributed by atoms with Crippen molar-refractivity contribution in [3.05, 3.63) is 71.3 Å². The van der Waals surface area contributed by atoms with Crippen molar-refractivity contribution in [1.29, 1.82) is 0 Å². The number of nitrogens with zero attached hydrogens (tertiary/aromatic N) is 1. The third kappa shape index (κ3) is 2.77. The summed E-state index contributed by atoms with van der Waals surface area (Å²) in [4.78, 5) is 14.1. The van der Waals surface area contributed by atoms with Gasteiger partial charge in [-0.25, -0.2) is 4.79 Å². The van der Waals surface area contributed by atoms with Crippen molar-refractivity contribution in [1.82, 2.24) is 10.2 Å². The van der Waals surface area contributed by atoms with E-state index in [1.807, 2.05) is 25.2 Å². The number of rotatable bonds is 1. The van der Waals surface area contributed by atoms with Crippen molar-refractivity contribution < 1.29 is 4.79 Å². The number of urea groups is 1. The van der Waals surface area contributed by atoms with E-state index in [4.69, 9.17) is 0 Å². The summed E-state index contributed by atoms with van der Waals surface area (Å²) in [6.07, 6.45) is 1.96. The molecule has 1 atom stereocenters. The van der Waals surface area contributed by atoms with Crippen molar-refractivity contribution in [3.8, 4) is 0 Å². The van der Waals surface area contributed by atoms with E-state index in [0.29, 0.717) is 0 Å². The molecule has 0 aliphatic carbocycles. The topological polar surface area (TPSA) is 32.3 Å². The smallest absolute Gasteiger partial charge is 0.317 e. The number of nitrogens with one attached hydrogen (secondary N) is 1. The third-order valence-electron chi connectivity index (χ3n) is 4.07. The van der Waals surface area contributed by atoms with Gasteiger partial charge in [-0.2, -0.15) is 0 Å². The van der Waals surface area contributed by atoms with E-state index in [1.165, 1.54) is 11.1 Å². The SMILES string of the molecule is CN1C(=O)NCCCc2ccccc2C1c1ccccc1. The molecule has 1 aliphatic heterocycles. The zero-order chi connectivity index (χ0) is 14.7. The normalized spacial score (nSPS) is 19.0. The zero-order valence-corrected chi connectivity index (χ0v) is 12.3. The summed E-state index contributed by atoms with van der Waals surface area (Å²) < 4.78 is 0. The summed E-state index contributed by atoms with van der Waals surface area (Å²) in [6, 6.07) is 18.6. The molecule has 3 heteroatoms. The molecule has 0 spiro atoms. The van der Waals surface area contributed by atoms with Crippen LogP contribution < -0.4 is 5.32 Å². The fourth-order valence-electron chi connectivity index (χ4n) is 2.99. The van der Waals surface area contributed by atoms with Gasteiger partial charge in [0, 0.05) is 13.6 Å². The Morgan fingerprint density at radius 1 is 1.05 bits per heavy atom. The third-order valence-corrected chi connectivity index (χ3v) is 4.07. The van der Waals surface area contributed by atoms with E-state index in [-0.39, 0.29) is 12.1 Å². The molecule has 2 aromatic carbocycles. The maximum atomic E-state index is 12.3. The molecule has 0 aromatic heterocycles. The average Bonchev–Trinajstić information content (AvgIpc) is 2.58. The van der Waals surface area contributed by atoms with Gasteiger partial charge < -0.3 is 10.2 Å². The lowest BCUT2D eigenvalue weighted by atomic mass is 9.92. The first-order valence-electron chi connectivity index (χ1n) is 7.41. The van der Waals surface area contributed by atoms with Gasteiger partial charge in [-0.15, -0.1) is 0 Å². The van der Waals surface area contributed by atoms with Crippen LogP contribution in [-0.4, -0.2) is 24.5 Å². The number of amides is 2. The number of hydrogen-bond acceptors (Lipinski definition) is 1. The minimum Gasteiger partial charge on any atom is -0.338 e. The molecule has 0 radical (unpaired) electrons. The summed E-state index contributed by atoms with van der Waals surface area (Å²) in [5.41, 5.74) is 3.70. The average molecular weight is 280 g/mol. The van der Waals surface area contributed by atoms with Crippen molar-refractivity contribution >= 4 is 6.03 Å². The van der Waals surface area contributed by atoms with Crippen LogP contribution in [0.5, 0.6) is 0 Å². The lowest BCUT2D eigenvalue weighted by molar-refractivity contribution is 0.199. The van der Waals surface area contributed by atoms with Crippen molar-refractivity contribution in [2.75, 3.05) is 13.6 Å². The molecular weight excluding hydrogens is 260 g/mol. The van der Waals surface area contributed by atoms with Gasteiger partial charge in [0.25, 0.3) is 0 Å². The van der Waals surface area contributed by atoms with Crippen molar-refractivity contribution in [2.24, 2.45) is 0 Å². The number of aryl methyl sites for hydroxylation is 1. The predicted molar refractivity (Wildman–Crippen MR) is 84.2 cm³/mol. The predicted octanol–water partition coefficient (Wildman–Crippen LogP) is 3.36. The fraction of sp³-hybridized carbons (Fsp3) is 0.278. The van der Waals surface area contributed by atoms with Crippen LogP contribution in [0.3, 0.4) is 0 Å². The lowest BCUT2D eigenvalue weighted by Crippen LogP contribution is -2.39. The highest BCUT2D eigenvalue weighted by molar-refractivity contribution is 5.75. The molecule has 0 saturated heterocycles. The van der Waals surface area contributed by atoms with Crippen LogP contribution >= 0.6 is 0 Å². The van der Waals surface area contributed by atoms with Crippen molar-refractivity contribution in [3.63, 3.8) is 0 Å². The Hall–Kier alpha value is -2.29. The summed E-state index contributed by atoms with van der Waals surface area (Å²) in [6.45, 7) is 0.721. The Morgan fingerprint density at radius 3 is 2.57 bits per heavy atom. The van der Waals surface area contributed by atoms with Crippen LogP contribution in [0, 0.1) is 0 Å². The molecule has 3 rings (SSSR count). The first-order chi connectivity index (χ1) is 10.3. The Labute approximate surface area is 125 Å². The maximum absolute atomic E-state index is 12.3. The zero-order valence-electron chi connectivity index (χ0n) is 12.3. The second-order valence-corrected chi connectivity index (χ2v) is 5.46. The lowest BCUT2D eigenvalue weighted by Gasteiger charge is -2.29. The minimum absolute atomic E-state index is 0.0134. The molecule has 0 fully saturated rings. The van der Waals surface area contributed by atoms with Gasteiger partial charge in [-0.1, -0.05) is 54.6 Å². The van der Waals surface area contributed by atoms with Gasteiger partial charge >= 0.3 is 6.03 Å². The van der Waals surface area contributed by atoms with Gasteiger partial charge in [0.2, 0.25) is 0 Å². The van der Waals surface area contributed by atoms with Crippen molar-refractivity contribution in [2.45, 2.75) is 18.9 Å². The number of carbonyl (C=O) groups is 1. The summed E-state index contributed by atoms with van der Waals surface area (Å²) in [7, 11) is 1.87. The van der Waals surface area contributed by atoms with E-state index in [9.17, 15) is 4.79 Å². The maximum Gasteiger partial charge on any atom is 0.317 e. The Bertz CT molecular complexity index is 624. The summed E-state index contributed by atoms with van der Waals surface area (Å²) in [5, 5.41) is 3.00. The van der Waals surface area contributed by atoms with Crippen LogP contribution in [0.15, 0.2) is 54.6 Å². The molecule has 1 N–H and O–H groups in total. The molecular formula is C18H20N2O. The molecule has 1 aliphatic rings. The molecule has 2 aromatic rings. The molecule has 0 bridgehead atoms. The summed E-state index contributed by atoms with van der Waals surface area (Å²) in [5.74, 6) is 0. The van der Waals surface area contributed by atoms with E-state index in [0.717, 1.165) is 24.9 Å². The molecule has 0 saturated carbocycles. The quantitative estimate of drug-likeness (QED) is 0.853. The number of hydrogen-bond donors (Lipinski definition) is 1. The highest BCUT2D eigenvalue weighted by Crippen LogP contribution is 2.31. The fourth-order valence-corrected chi connectivity index (χ4v) is 2.99. The van der Waals surface area contributed by atoms with Crippen LogP contribution in [-0.2, 0) is 6.42 Å². The highest BCUT2D eigenvalue weighted by Gasteiger charge is 2.26. The molecule has 3 nitrogen and oxygen atoms in total. The first kappa shape index (κ1) is 13.7. The van der Waals surface area contributed by atoms with E-state index in [1.54, 1.807) is 4.90 Å². The monoisotopic (exact) mass is 280 g/mol. The van der Waals surface area contributed by atoms with Crippen LogP contribution in [0.25, 0.3) is 0 Å². The Kier molecular flexibility index (Phi) is 3.91. The van der Waals surface area contributed by atoms with Gasteiger partial charge in [0.15, 0.2) is 0 Å². The first-order valence-corrected chi connectivity index (χ1v) is 7.41. The largest absolute Gasteiger partial charge is 0.338 e. The number of benzene rings is 2. The molecule has 108 valence electrons. The number of carbonyl (C=O) groups excluding carboxylic acids is 1. The van der Waals surface area contributed by atoms with Crippen LogP contribution in [0.1, 0.15) is 29.2 Å². The van der Waals surface area contributed by atoms with Crippen LogP contribution in [0.4, 0.5) is 4.79 Å². The molecule has 1 unspecified atom stereocenters. The molecule has 2 amide bonds. The van der Waals surface area contributed by atoms with E-state index < -0.39 is 0 Å². The highest BCUT2D eigenvalue weighted by atomic mass is 16.2. The second kappa shape index (κ2) is 6.00. The van der Waals surface area contributed by atoms with Crippen LogP contribution in [0.2, 0.25) is 0 Å². The second-order valence-electron chi connectivity index (χ2n) is 5.46. The van der Waals surface area contributed by atoms with E-state index in [2.05, 4.69) is 41.7 Å². The van der Waals surface area contributed by atoms with Gasteiger partial charge in [0.05, 0.1) is 6.04 Å². The van der Waals surface area contributed by atoms with Gasteiger partial charge in [-0.3, -0.25) is 0 Å². The minimum atomic E-state index is -0.0412. The standard InChI is InChI=1S/C18H20N2O/c1-20-17(15-9-3-2-4-10-15)16-12-6-5-8-14(16)11-7-13-19-18(20)21/h2-6,8-10,12,17H,7,11,13H2,1H3,(H,19,21). The molecule has 1 heterocycles. The van der Waals surface area contributed by atoms with Gasteiger partial charge in [-0.05, 0) is 29.5 Å². The summed E-state index contributed by atoms with van der Waals surface area (Å²) >= 11 is 0. The number of fused-ring (bicyclic) bond motifs is 1.